The van der Waals surface area contributed by atoms with E-state index in [9.17, 15) is 8.42 Å². The highest BCUT2D eigenvalue weighted by atomic mass is 35.5. The summed E-state index contributed by atoms with van der Waals surface area (Å²) in [4.78, 5) is 0.116. The SMILES string of the molecule is COc1cccc(CN(C)S(=O)(=O)c2ccc(C)cc2Cl)c1. The van der Waals surface area contributed by atoms with Gasteiger partial charge in [-0.1, -0.05) is 29.8 Å². The Morgan fingerprint density at radius 1 is 1.18 bits per heavy atom. The van der Waals surface area contributed by atoms with Crippen LogP contribution in [0.5, 0.6) is 5.75 Å². The summed E-state index contributed by atoms with van der Waals surface area (Å²) in [6, 6.07) is 12.2. The third kappa shape index (κ3) is 3.61. The minimum absolute atomic E-state index is 0.116. The van der Waals surface area contributed by atoms with Crippen LogP contribution in [0.15, 0.2) is 47.4 Å². The van der Waals surface area contributed by atoms with Crippen molar-refractivity contribution >= 4 is 21.6 Å². The predicted molar refractivity (Wildman–Crippen MR) is 87.8 cm³/mol. The average Bonchev–Trinajstić information content (AvgIpc) is 2.47. The zero-order valence-corrected chi connectivity index (χ0v) is 14.3. The first kappa shape index (κ1) is 16.8. The molecule has 2 aromatic carbocycles. The van der Waals surface area contributed by atoms with Crippen molar-refractivity contribution in [2.24, 2.45) is 0 Å². The molecule has 0 heterocycles. The number of ether oxygens (including phenoxy) is 1. The summed E-state index contributed by atoms with van der Waals surface area (Å²) in [5, 5.41) is 0.234. The number of aryl methyl sites for hydroxylation is 1. The fourth-order valence-corrected chi connectivity index (χ4v) is 3.82. The smallest absolute Gasteiger partial charge is 0.244 e. The topological polar surface area (TPSA) is 46.6 Å². The molecule has 0 aliphatic carbocycles. The fourth-order valence-electron chi connectivity index (χ4n) is 2.10. The molecule has 22 heavy (non-hydrogen) atoms. The largest absolute Gasteiger partial charge is 0.497 e. The van der Waals surface area contributed by atoms with Crippen LogP contribution in [-0.4, -0.2) is 26.9 Å². The second-order valence-corrected chi connectivity index (χ2v) is 7.47. The maximum atomic E-state index is 12.6. The Kier molecular flexibility index (Phi) is 5.11. The molecule has 0 aliphatic rings. The van der Waals surface area contributed by atoms with Gasteiger partial charge in [0, 0.05) is 13.6 Å². The van der Waals surface area contributed by atoms with Gasteiger partial charge in [-0.3, -0.25) is 0 Å². The van der Waals surface area contributed by atoms with Gasteiger partial charge < -0.3 is 4.74 Å². The van der Waals surface area contributed by atoms with E-state index in [-0.39, 0.29) is 16.5 Å². The molecule has 0 saturated heterocycles. The van der Waals surface area contributed by atoms with Crippen molar-refractivity contribution in [1.82, 2.24) is 4.31 Å². The molecule has 0 amide bonds. The van der Waals surface area contributed by atoms with Crippen molar-refractivity contribution in [3.8, 4) is 5.75 Å². The van der Waals surface area contributed by atoms with Gasteiger partial charge in [0.15, 0.2) is 0 Å². The van der Waals surface area contributed by atoms with Crippen LogP contribution in [0.25, 0.3) is 0 Å². The Balaban J connectivity index is 2.28. The number of benzene rings is 2. The Labute approximate surface area is 136 Å². The molecule has 0 N–H and O–H groups in total. The lowest BCUT2D eigenvalue weighted by Gasteiger charge is -2.18. The molecule has 0 spiro atoms. The zero-order chi connectivity index (χ0) is 16.3. The van der Waals surface area contributed by atoms with E-state index >= 15 is 0 Å². The number of halogens is 1. The molecule has 0 fully saturated rings. The summed E-state index contributed by atoms with van der Waals surface area (Å²) in [6.07, 6.45) is 0. The van der Waals surface area contributed by atoms with Gasteiger partial charge in [-0.15, -0.1) is 0 Å². The molecule has 118 valence electrons. The third-order valence-electron chi connectivity index (χ3n) is 3.31. The van der Waals surface area contributed by atoms with E-state index < -0.39 is 10.0 Å². The van der Waals surface area contributed by atoms with E-state index in [1.165, 1.54) is 17.4 Å². The van der Waals surface area contributed by atoms with Gasteiger partial charge >= 0.3 is 0 Å². The van der Waals surface area contributed by atoms with E-state index in [4.69, 9.17) is 16.3 Å². The second kappa shape index (κ2) is 6.69. The standard InChI is InChI=1S/C16H18ClNO3S/c1-12-7-8-16(15(17)9-12)22(19,20)18(2)11-13-5-4-6-14(10-13)21-3/h4-10H,11H2,1-3H3. The van der Waals surface area contributed by atoms with Crippen LogP contribution in [0, 0.1) is 6.92 Å². The number of rotatable bonds is 5. The van der Waals surface area contributed by atoms with Crippen molar-refractivity contribution < 1.29 is 13.2 Å². The lowest BCUT2D eigenvalue weighted by molar-refractivity contribution is 0.412. The lowest BCUT2D eigenvalue weighted by Crippen LogP contribution is -2.26. The average molecular weight is 340 g/mol. The highest BCUT2D eigenvalue weighted by Gasteiger charge is 2.23. The van der Waals surface area contributed by atoms with Crippen LogP contribution in [0.3, 0.4) is 0 Å². The van der Waals surface area contributed by atoms with E-state index in [1.807, 2.05) is 31.2 Å². The zero-order valence-electron chi connectivity index (χ0n) is 12.7. The molecule has 2 aromatic rings. The highest BCUT2D eigenvalue weighted by molar-refractivity contribution is 7.89. The summed E-state index contributed by atoms with van der Waals surface area (Å²) in [7, 11) is -0.536. The minimum atomic E-state index is -3.64. The van der Waals surface area contributed by atoms with E-state index in [2.05, 4.69) is 0 Å². The molecule has 0 saturated carbocycles. The van der Waals surface area contributed by atoms with Gasteiger partial charge in [-0.05, 0) is 42.3 Å². The number of sulfonamides is 1. The Morgan fingerprint density at radius 2 is 1.91 bits per heavy atom. The van der Waals surface area contributed by atoms with Crippen LogP contribution < -0.4 is 4.74 Å². The summed E-state index contributed by atoms with van der Waals surface area (Å²) >= 11 is 6.08. The third-order valence-corrected chi connectivity index (χ3v) is 5.60. The molecular weight excluding hydrogens is 322 g/mol. The van der Waals surface area contributed by atoms with Crippen LogP contribution in [-0.2, 0) is 16.6 Å². The monoisotopic (exact) mass is 339 g/mol. The van der Waals surface area contributed by atoms with Crippen molar-refractivity contribution in [3.63, 3.8) is 0 Å². The number of hydrogen-bond donors (Lipinski definition) is 0. The fraction of sp³-hybridized carbons (Fsp3) is 0.250. The van der Waals surface area contributed by atoms with Crippen LogP contribution in [0.4, 0.5) is 0 Å². The van der Waals surface area contributed by atoms with Gasteiger partial charge in [-0.2, -0.15) is 4.31 Å². The summed E-state index contributed by atoms with van der Waals surface area (Å²) in [5.41, 5.74) is 1.76. The predicted octanol–water partition coefficient (Wildman–Crippen LogP) is 3.48. The van der Waals surface area contributed by atoms with Crippen molar-refractivity contribution in [3.05, 3.63) is 58.6 Å². The van der Waals surface area contributed by atoms with Gasteiger partial charge in [0.05, 0.1) is 12.1 Å². The highest BCUT2D eigenvalue weighted by Crippen LogP contribution is 2.26. The van der Waals surface area contributed by atoms with E-state index in [0.717, 1.165) is 11.1 Å². The maximum absolute atomic E-state index is 12.6. The lowest BCUT2D eigenvalue weighted by atomic mass is 10.2. The normalized spacial score (nSPS) is 11.7. The minimum Gasteiger partial charge on any atom is -0.497 e. The first-order chi connectivity index (χ1) is 10.3. The van der Waals surface area contributed by atoms with Gasteiger partial charge in [-0.25, -0.2) is 8.42 Å². The first-order valence-electron chi connectivity index (χ1n) is 6.70. The van der Waals surface area contributed by atoms with Crippen molar-refractivity contribution in [2.45, 2.75) is 18.4 Å². The summed E-state index contributed by atoms with van der Waals surface area (Å²) in [6.45, 7) is 2.10. The van der Waals surface area contributed by atoms with Gasteiger partial charge in [0.1, 0.15) is 10.6 Å². The molecule has 4 nitrogen and oxygen atoms in total. The van der Waals surface area contributed by atoms with Crippen LogP contribution in [0.1, 0.15) is 11.1 Å². The Bertz CT molecular complexity index is 775. The molecule has 0 bridgehead atoms. The van der Waals surface area contributed by atoms with E-state index in [1.54, 1.807) is 19.2 Å². The molecule has 0 atom stereocenters. The van der Waals surface area contributed by atoms with Crippen molar-refractivity contribution in [2.75, 3.05) is 14.2 Å². The molecule has 6 heteroatoms. The van der Waals surface area contributed by atoms with Gasteiger partial charge in [0.25, 0.3) is 0 Å². The Morgan fingerprint density at radius 3 is 2.55 bits per heavy atom. The molecule has 0 unspecified atom stereocenters. The number of methoxy groups -OCH3 is 1. The number of nitrogens with zero attached hydrogens (tertiary/aromatic N) is 1. The number of hydrogen-bond acceptors (Lipinski definition) is 3. The summed E-state index contributed by atoms with van der Waals surface area (Å²) in [5.74, 6) is 0.691. The first-order valence-corrected chi connectivity index (χ1v) is 8.52. The van der Waals surface area contributed by atoms with Gasteiger partial charge in [0.2, 0.25) is 10.0 Å². The molecule has 0 radical (unpaired) electrons. The van der Waals surface area contributed by atoms with E-state index in [0.29, 0.717) is 5.75 Å². The Hall–Kier alpha value is -1.56. The molecule has 0 aliphatic heterocycles. The second-order valence-electron chi connectivity index (χ2n) is 5.05. The molecule has 0 aromatic heterocycles. The molecular formula is C16H18ClNO3S. The molecule has 2 rings (SSSR count). The van der Waals surface area contributed by atoms with Crippen molar-refractivity contribution in [1.29, 1.82) is 0 Å². The van der Waals surface area contributed by atoms with Crippen LogP contribution >= 0.6 is 11.6 Å². The maximum Gasteiger partial charge on any atom is 0.244 e. The quantitative estimate of drug-likeness (QED) is 0.837. The summed E-state index contributed by atoms with van der Waals surface area (Å²) < 4.78 is 31.7. The van der Waals surface area contributed by atoms with Crippen LogP contribution in [0.2, 0.25) is 5.02 Å².